The number of ether oxygens (including phenoxy) is 3. The maximum absolute atomic E-state index is 15.4. The second-order valence-electron chi connectivity index (χ2n) is 8.16. The number of hydrogen-bond acceptors (Lipinski definition) is 3. The molecule has 1 atom stereocenters. The van der Waals surface area contributed by atoms with Gasteiger partial charge in [0.25, 0.3) is 5.85 Å². The van der Waals surface area contributed by atoms with Crippen LogP contribution in [-0.2, 0) is 17.7 Å². The molecule has 0 amide bonds. The topological polar surface area (TPSA) is 27.7 Å². The van der Waals surface area contributed by atoms with Crippen LogP contribution in [0.1, 0.15) is 37.5 Å². The minimum atomic E-state index is -5.18. The first-order valence-corrected chi connectivity index (χ1v) is 11.0. The zero-order chi connectivity index (χ0) is 26.5. The van der Waals surface area contributed by atoms with Gasteiger partial charge in [-0.1, -0.05) is 0 Å². The molecule has 1 aliphatic rings. The second kappa shape index (κ2) is 8.90. The standard InChI is InChI=1S/C26H21F7O3/c1-4-34-15-8-6-14(7-9-15)24(3,29)36-19-13-11-17-16-10-12-18(35-5-2)22(27)20(16)25(30,31)26(32,33)21(17)23(19)28/h6-13H,4-5H2,1-3H3. The molecule has 0 aromatic heterocycles. The van der Waals surface area contributed by atoms with Gasteiger partial charge in [0.15, 0.2) is 23.1 Å². The first kappa shape index (κ1) is 25.7. The van der Waals surface area contributed by atoms with Crippen LogP contribution in [0.4, 0.5) is 30.7 Å². The van der Waals surface area contributed by atoms with Crippen LogP contribution in [0.25, 0.3) is 11.1 Å². The van der Waals surface area contributed by atoms with Crippen molar-refractivity contribution in [3.05, 3.63) is 76.9 Å². The zero-order valence-corrected chi connectivity index (χ0v) is 19.4. The molecule has 0 N–H and O–H groups in total. The predicted molar refractivity (Wildman–Crippen MR) is 117 cm³/mol. The highest BCUT2D eigenvalue weighted by Gasteiger charge is 2.65. The molecule has 4 rings (SSSR count). The molecule has 1 unspecified atom stereocenters. The minimum absolute atomic E-state index is 0.0973. The van der Waals surface area contributed by atoms with Gasteiger partial charge in [0, 0.05) is 12.5 Å². The van der Waals surface area contributed by atoms with Crippen LogP contribution in [0.2, 0.25) is 0 Å². The summed E-state index contributed by atoms with van der Waals surface area (Å²) in [6.45, 7) is 4.39. The first-order chi connectivity index (χ1) is 16.9. The summed E-state index contributed by atoms with van der Waals surface area (Å²) in [5.41, 5.74) is -4.74. The lowest BCUT2D eigenvalue weighted by Crippen LogP contribution is -2.41. The van der Waals surface area contributed by atoms with Gasteiger partial charge in [-0.3, -0.25) is 0 Å². The van der Waals surface area contributed by atoms with E-state index in [0.29, 0.717) is 12.4 Å². The molecule has 1 aliphatic carbocycles. The van der Waals surface area contributed by atoms with Crippen LogP contribution >= 0.6 is 0 Å². The molecule has 36 heavy (non-hydrogen) atoms. The lowest BCUT2D eigenvalue weighted by Gasteiger charge is -2.36. The number of benzene rings is 3. The van der Waals surface area contributed by atoms with Crippen LogP contribution in [0, 0.1) is 11.6 Å². The molecule has 192 valence electrons. The largest absolute Gasteiger partial charge is 0.494 e. The molecule has 10 heteroatoms. The fourth-order valence-corrected chi connectivity index (χ4v) is 4.12. The van der Waals surface area contributed by atoms with Gasteiger partial charge in [0.2, 0.25) is 0 Å². The Kier molecular flexibility index (Phi) is 6.34. The Balaban J connectivity index is 1.82. The molecule has 0 saturated carbocycles. The van der Waals surface area contributed by atoms with E-state index in [4.69, 9.17) is 14.2 Å². The molecule has 3 nitrogen and oxygen atoms in total. The fraction of sp³-hybridized carbons (Fsp3) is 0.308. The van der Waals surface area contributed by atoms with Crippen molar-refractivity contribution in [2.24, 2.45) is 0 Å². The quantitative estimate of drug-likeness (QED) is 0.301. The van der Waals surface area contributed by atoms with Gasteiger partial charge >= 0.3 is 11.8 Å². The summed E-state index contributed by atoms with van der Waals surface area (Å²) in [7, 11) is 0. The normalized spacial score (nSPS) is 16.9. The van der Waals surface area contributed by atoms with Crippen LogP contribution in [0.3, 0.4) is 0 Å². The van der Waals surface area contributed by atoms with Crippen LogP contribution in [0.5, 0.6) is 17.2 Å². The Morgan fingerprint density at radius 3 is 1.67 bits per heavy atom. The molecule has 0 heterocycles. The van der Waals surface area contributed by atoms with E-state index in [1.807, 2.05) is 0 Å². The van der Waals surface area contributed by atoms with E-state index in [9.17, 15) is 4.39 Å². The van der Waals surface area contributed by atoms with Gasteiger partial charge in [0.1, 0.15) is 5.75 Å². The van der Waals surface area contributed by atoms with Crippen molar-refractivity contribution in [1.29, 1.82) is 0 Å². The molecule has 0 radical (unpaired) electrons. The van der Waals surface area contributed by atoms with Gasteiger partial charge < -0.3 is 14.2 Å². The van der Waals surface area contributed by atoms with E-state index in [-0.39, 0.29) is 12.2 Å². The maximum atomic E-state index is 15.4. The third-order valence-corrected chi connectivity index (χ3v) is 5.81. The minimum Gasteiger partial charge on any atom is -0.494 e. The summed E-state index contributed by atoms with van der Waals surface area (Å²) in [5, 5.41) is 0. The average molecular weight is 514 g/mol. The molecule has 3 aromatic carbocycles. The Labute approximate surface area is 202 Å². The van der Waals surface area contributed by atoms with E-state index in [2.05, 4.69) is 0 Å². The van der Waals surface area contributed by atoms with Crippen molar-refractivity contribution in [1.82, 2.24) is 0 Å². The number of hydrogen-bond donors (Lipinski definition) is 0. The van der Waals surface area contributed by atoms with Crippen LogP contribution in [0.15, 0.2) is 48.5 Å². The number of fused-ring (bicyclic) bond motifs is 3. The van der Waals surface area contributed by atoms with Crippen molar-refractivity contribution >= 4 is 0 Å². The highest BCUT2D eigenvalue weighted by Crippen LogP contribution is 2.60. The zero-order valence-electron chi connectivity index (χ0n) is 19.4. The van der Waals surface area contributed by atoms with Gasteiger partial charge in [0.05, 0.1) is 24.3 Å². The fourth-order valence-electron chi connectivity index (χ4n) is 4.12. The van der Waals surface area contributed by atoms with Gasteiger partial charge in [-0.15, -0.1) is 0 Å². The third-order valence-electron chi connectivity index (χ3n) is 5.81. The maximum Gasteiger partial charge on any atom is 0.343 e. The van der Waals surface area contributed by atoms with Gasteiger partial charge in [-0.25, -0.2) is 8.78 Å². The van der Waals surface area contributed by atoms with E-state index < -0.39 is 63.1 Å². The van der Waals surface area contributed by atoms with Crippen molar-refractivity contribution in [2.45, 2.75) is 38.5 Å². The predicted octanol–water partition coefficient (Wildman–Crippen LogP) is 7.85. The molecule has 0 aliphatic heterocycles. The summed E-state index contributed by atoms with van der Waals surface area (Å²) < 4.78 is 121. The monoisotopic (exact) mass is 514 g/mol. The Bertz CT molecular complexity index is 1290. The third kappa shape index (κ3) is 3.92. The molecular formula is C26H21F7O3. The number of halogens is 7. The van der Waals surface area contributed by atoms with Gasteiger partial charge in [-0.05, 0) is 73.5 Å². The average Bonchev–Trinajstić information content (AvgIpc) is 2.81. The van der Waals surface area contributed by atoms with Crippen molar-refractivity contribution < 1.29 is 44.9 Å². The van der Waals surface area contributed by atoms with Gasteiger partial charge in [-0.2, -0.15) is 22.0 Å². The molecule has 0 fully saturated rings. The Morgan fingerprint density at radius 2 is 1.17 bits per heavy atom. The number of alkyl halides is 5. The summed E-state index contributed by atoms with van der Waals surface area (Å²) >= 11 is 0. The van der Waals surface area contributed by atoms with E-state index in [1.165, 1.54) is 31.2 Å². The molecule has 0 saturated heterocycles. The molecule has 0 spiro atoms. The molecule has 3 aromatic rings. The van der Waals surface area contributed by atoms with Crippen molar-refractivity contribution in [2.75, 3.05) is 13.2 Å². The first-order valence-electron chi connectivity index (χ1n) is 11.0. The molecular weight excluding hydrogens is 493 g/mol. The van der Waals surface area contributed by atoms with Crippen molar-refractivity contribution in [3.8, 4) is 28.4 Å². The number of rotatable bonds is 7. The highest BCUT2D eigenvalue weighted by atomic mass is 19.3. The van der Waals surface area contributed by atoms with Crippen molar-refractivity contribution in [3.63, 3.8) is 0 Å². The summed E-state index contributed by atoms with van der Waals surface area (Å²) in [6.07, 6.45) is 0. The second-order valence-corrected chi connectivity index (χ2v) is 8.16. The summed E-state index contributed by atoms with van der Waals surface area (Å²) in [6, 6.07) is 9.08. The SMILES string of the molecule is CCOc1ccc(C(C)(F)Oc2ccc3c(c2F)C(F)(F)C(F)(F)c2c-3ccc(OCC)c2F)cc1. The van der Waals surface area contributed by atoms with Crippen LogP contribution in [-0.4, -0.2) is 13.2 Å². The Morgan fingerprint density at radius 1 is 0.694 bits per heavy atom. The summed E-state index contributed by atoms with van der Waals surface area (Å²) in [5.74, 6) is -17.8. The van der Waals surface area contributed by atoms with E-state index >= 15 is 26.3 Å². The van der Waals surface area contributed by atoms with E-state index in [0.717, 1.165) is 31.2 Å². The molecule has 0 bridgehead atoms. The smallest absolute Gasteiger partial charge is 0.343 e. The lowest BCUT2D eigenvalue weighted by atomic mass is 9.79. The van der Waals surface area contributed by atoms with Crippen LogP contribution < -0.4 is 14.2 Å². The highest BCUT2D eigenvalue weighted by molar-refractivity contribution is 5.78. The lowest BCUT2D eigenvalue weighted by molar-refractivity contribution is -0.228. The Hall–Kier alpha value is -3.43. The summed E-state index contributed by atoms with van der Waals surface area (Å²) in [4.78, 5) is 0. The van der Waals surface area contributed by atoms with E-state index in [1.54, 1.807) is 6.92 Å².